The van der Waals surface area contributed by atoms with Crippen molar-refractivity contribution in [1.82, 2.24) is 0 Å². The number of hydrogen-bond donors (Lipinski definition) is 0. The van der Waals surface area contributed by atoms with Crippen LogP contribution in [0.15, 0.2) is 54.6 Å². The van der Waals surface area contributed by atoms with Gasteiger partial charge in [0.25, 0.3) is 0 Å². The number of carbonyl (C=O) groups excluding carboxylic acids is 1. The maximum absolute atomic E-state index is 12.4. The van der Waals surface area contributed by atoms with Crippen molar-refractivity contribution in [3.8, 4) is 5.75 Å². The van der Waals surface area contributed by atoms with Gasteiger partial charge in [0.1, 0.15) is 5.75 Å². The molecule has 148 valence electrons. The lowest BCUT2D eigenvalue weighted by molar-refractivity contribution is 0.0734. The molecule has 28 heavy (non-hydrogen) atoms. The number of benzene rings is 2. The summed E-state index contributed by atoms with van der Waals surface area (Å²) in [6.07, 6.45) is 12.0. The van der Waals surface area contributed by atoms with Crippen LogP contribution >= 0.6 is 0 Å². The smallest absolute Gasteiger partial charge is 0.343 e. The van der Waals surface area contributed by atoms with Gasteiger partial charge in [-0.2, -0.15) is 0 Å². The van der Waals surface area contributed by atoms with E-state index < -0.39 is 0 Å². The standard InChI is InChI=1S/C26H32O2/c1-3-5-6-7-21-10-18-25(19-11-21)28-26(27)24-16-14-23(15-17-24)22-12-8-20(4-2)9-13-22/h10-12,14-20H,3-9,13H2,1-2H3. The lowest BCUT2D eigenvalue weighted by atomic mass is 9.85. The van der Waals surface area contributed by atoms with Gasteiger partial charge < -0.3 is 4.74 Å². The number of hydrogen-bond acceptors (Lipinski definition) is 2. The average molecular weight is 377 g/mol. The molecule has 0 saturated heterocycles. The van der Waals surface area contributed by atoms with Crippen LogP contribution in [0.2, 0.25) is 0 Å². The highest BCUT2D eigenvalue weighted by Crippen LogP contribution is 2.31. The molecule has 1 atom stereocenters. The number of aryl methyl sites for hydroxylation is 1. The van der Waals surface area contributed by atoms with Crippen molar-refractivity contribution in [2.24, 2.45) is 5.92 Å². The molecule has 0 heterocycles. The zero-order valence-corrected chi connectivity index (χ0v) is 17.2. The molecule has 0 saturated carbocycles. The fourth-order valence-electron chi connectivity index (χ4n) is 3.81. The van der Waals surface area contributed by atoms with E-state index in [9.17, 15) is 4.79 Å². The molecule has 0 spiro atoms. The third-order valence-corrected chi connectivity index (χ3v) is 5.79. The van der Waals surface area contributed by atoms with E-state index in [4.69, 9.17) is 4.74 Å². The molecule has 2 aromatic carbocycles. The van der Waals surface area contributed by atoms with E-state index in [2.05, 4.69) is 32.1 Å². The van der Waals surface area contributed by atoms with E-state index in [-0.39, 0.29) is 5.97 Å². The predicted octanol–water partition coefficient (Wildman–Crippen LogP) is 7.23. The van der Waals surface area contributed by atoms with Crippen LogP contribution in [-0.4, -0.2) is 5.97 Å². The molecule has 0 fully saturated rings. The second-order valence-electron chi connectivity index (χ2n) is 7.85. The highest BCUT2D eigenvalue weighted by molar-refractivity contribution is 5.91. The molecule has 2 nitrogen and oxygen atoms in total. The predicted molar refractivity (Wildman–Crippen MR) is 117 cm³/mol. The van der Waals surface area contributed by atoms with Crippen LogP contribution in [0.5, 0.6) is 5.75 Å². The maximum Gasteiger partial charge on any atom is 0.343 e. The summed E-state index contributed by atoms with van der Waals surface area (Å²) >= 11 is 0. The Balaban J connectivity index is 1.57. The van der Waals surface area contributed by atoms with Gasteiger partial charge in [0.2, 0.25) is 0 Å². The molecule has 0 aromatic heterocycles. The van der Waals surface area contributed by atoms with Crippen LogP contribution in [0.1, 0.15) is 80.3 Å². The highest BCUT2D eigenvalue weighted by atomic mass is 16.5. The zero-order valence-electron chi connectivity index (χ0n) is 17.2. The van der Waals surface area contributed by atoms with Crippen molar-refractivity contribution in [1.29, 1.82) is 0 Å². The van der Waals surface area contributed by atoms with Gasteiger partial charge in [0.15, 0.2) is 0 Å². The first-order chi connectivity index (χ1) is 13.7. The topological polar surface area (TPSA) is 26.3 Å². The number of esters is 1. The summed E-state index contributed by atoms with van der Waals surface area (Å²) in [5.41, 5.74) is 4.52. The first-order valence-corrected chi connectivity index (χ1v) is 10.8. The number of ether oxygens (including phenoxy) is 1. The number of carbonyl (C=O) groups is 1. The van der Waals surface area contributed by atoms with Gasteiger partial charge in [-0.15, -0.1) is 0 Å². The summed E-state index contributed by atoms with van der Waals surface area (Å²) in [7, 11) is 0. The van der Waals surface area contributed by atoms with Crippen molar-refractivity contribution in [3.05, 3.63) is 71.3 Å². The highest BCUT2D eigenvalue weighted by Gasteiger charge is 2.15. The minimum absolute atomic E-state index is 0.297. The molecule has 2 aromatic rings. The Hall–Kier alpha value is -2.35. The van der Waals surface area contributed by atoms with E-state index in [0.717, 1.165) is 18.8 Å². The van der Waals surface area contributed by atoms with E-state index in [1.54, 1.807) is 0 Å². The molecule has 0 radical (unpaired) electrons. The number of unbranched alkanes of at least 4 members (excludes halogenated alkanes) is 2. The first kappa shape index (κ1) is 20.4. The van der Waals surface area contributed by atoms with Gasteiger partial charge in [-0.3, -0.25) is 0 Å². The largest absolute Gasteiger partial charge is 0.423 e. The molecule has 1 aliphatic carbocycles. The normalized spacial score (nSPS) is 16.5. The summed E-state index contributed by atoms with van der Waals surface area (Å²) in [5.74, 6) is 1.14. The van der Waals surface area contributed by atoms with Crippen molar-refractivity contribution < 1.29 is 9.53 Å². The van der Waals surface area contributed by atoms with E-state index in [0.29, 0.717) is 11.3 Å². The van der Waals surface area contributed by atoms with Gasteiger partial charge in [-0.05, 0) is 79.0 Å². The Morgan fingerprint density at radius 1 is 1.00 bits per heavy atom. The Morgan fingerprint density at radius 2 is 1.75 bits per heavy atom. The van der Waals surface area contributed by atoms with E-state index in [1.165, 1.54) is 55.2 Å². The Bertz CT molecular complexity index is 784. The van der Waals surface area contributed by atoms with Crippen molar-refractivity contribution >= 4 is 11.5 Å². The van der Waals surface area contributed by atoms with Crippen LogP contribution in [0, 0.1) is 5.92 Å². The molecule has 3 rings (SSSR count). The zero-order chi connectivity index (χ0) is 19.8. The lowest BCUT2D eigenvalue weighted by Crippen LogP contribution is -2.09. The van der Waals surface area contributed by atoms with Gasteiger partial charge in [-0.25, -0.2) is 4.79 Å². The summed E-state index contributed by atoms with van der Waals surface area (Å²) in [4.78, 5) is 12.4. The molecular weight excluding hydrogens is 344 g/mol. The average Bonchev–Trinajstić information content (AvgIpc) is 2.75. The fourth-order valence-corrected chi connectivity index (χ4v) is 3.81. The second-order valence-corrected chi connectivity index (χ2v) is 7.85. The van der Waals surface area contributed by atoms with E-state index >= 15 is 0 Å². The number of allylic oxidation sites excluding steroid dienone is 2. The van der Waals surface area contributed by atoms with Gasteiger partial charge in [-0.1, -0.05) is 63.5 Å². The van der Waals surface area contributed by atoms with Crippen LogP contribution in [0.4, 0.5) is 0 Å². The van der Waals surface area contributed by atoms with Crippen LogP contribution in [0.25, 0.3) is 5.57 Å². The molecule has 0 bridgehead atoms. The Kier molecular flexibility index (Phi) is 7.47. The summed E-state index contributed by atoms with van der Waals surface area (Å²) < 4.78 is 5.54. The fraction of sp³-hybridized carbons (Fsp3) is 0.423. The molecule has 0 amide bonds. The Morgan fingerprint density at radius 3 is 2.36 bits per heavy atom. The molecule has 1 unspecified atom stereocenters. The van der Waals surface area contributed by atoms with Crippen LogP contribution in [0.3, 0.4) is 0 Å². The van der Waals surface area contributed by atoms with Crippen molar-refractivity contribution in [2.45, 2.75) is 65.2 Å². The maximum atomic E-state index is 12.4. The first-order valence-electron chi connectivity index (χ1n) is 10.8. The third-order valence-electron chi connectivity index (χ3n) is 5.79. The SMILES string of the molecule is CCCCCc1ccc(OC(=O)c2ccc(C3=CCC(CC)CC3)cc2)cc1. The van der Waals surface area contributed by atoms with Gasteiger partial charge in [0, 0.05) is 0 Å². The molecule has 2 heteroatoms. The Labute approximate surface area is 169 Å². The van der Waals surface area contributed by atoms with Gasteiger partial charge >= 0.3 is 5.97 Å². The summed E-state index contributed by atoms with van der Waals surface area (Å²) in [5, 5.41) is 0. The minimum Gasteiger partial charge on any atom is -0.423 e. The van der Waals surface area contributed by atoms with E-state index in [1.807, 2.05) is 36.4 Å². The third kappa shape index (κ3) is 5.58. The number of rotatable bonds is 8. The molecule has 1 aliphatic rings. The lowest BCUT2D eigenvalue weighted by Gasteiger charge is -2.20. The van der Waals surface area contributed by atoms with Crippen molar-refractivity contribution in [2.75, 3.05) is 0 Å². The van der Waals surface area contributed by atoms with Crippen LogP contribution in [-0.2, 0) is 6.42 Å². The quantitative estimate of drug-likeness (QED) is 0.276. The molecule has 0 N–H and O–H groups in total. The molecular formula is C26H32O2. The monoisotopic (exact) mass is 376 g/mol. The van der Waals surface area contributed by atoms with Gasteiger partial charge in [0.05, 0.1) is 5.56 Å². The van der Waals surface area contributed by atoms with Crippen molar-refractivity contribution in [3.63, 3.8) is 0 Å². The minimum atomic E-state index is -0.297. The molecule has 0 aliphatic heterocycles. The van der Waals surface area contributed by atoms with Crippen LogP contribution < -0.4 is 4.74 Å². The second kappa shape index (κ2) is 10.3. The summed E-state index contributed by atoms with van der Waals surface area (Å²) in [6, 6.07) is 15.8. The summed E-state index contributed by atoms with van der Waals surface area (Å²) in [6.45, 7) is 4.48.